The molecule has 0 aromatic carbocycles. The molecular weight excluding hydrogens is 224 g/mol. The third-order valence-electron chi connectivity index (χ3n) is 3.65. The summed E-state index contributed by atoms with van der Waals surface area (Å²) in [6.45, 7) is 12.8. The predicted octanol–water partition coefficient (Wildman–Crippen LogP) is 2.58. The highest BCUT2D eigenvalue weighted by Gasteiger charge is 2.25. The molecular formula is C15H28N2O. The fourth-order valence-electron chi connectivity index (χ4n) is 2.51. The molecule has 18 heavy (non-hydrogen) atoms. The highest BCUT2D eigenvalue weighted by molar-refractivity contribution is 5.77. The Hall–Kier alpha value is -0.830. The van der Waals surface area contributed by atoms with Gasteiger partial charge in [0.05, 0.1) is 0 Å². The molecule has 0 spiro atoms. The van der Waals surface area contributed by atoms with E-state index >= 15 is 0 Å². The molecule has 1 amide bonds. The van der Waals surface area contributed by atoms with Crippen molar-refractivity contribution in [2.75, 3.05) is 19.6 Å². The van der Waals surface area contributed by atoms with Gasteiger partial charge in [-0.15, -0.1) is 6.58 Å². The largest absolute Gasteiger partial charge is 0.334 e. The van der Waals surface area contributed by atoms with Crippen LogP contribution in [0.1, 0.15) is 46.5 Å². The molecule has 0 aromatic heterocycles. The number of hydrogen-bond acceptors (Lipinski definition) is 2. The quantitative estimate of drug-likeness (QED) is 0.763. The summed E-state index contributed by atoms with van der Waals surface area (Å²) in [5, 5.41) is 3.36. The van der Waals surface area contributed by atoms with Crippen LogP contribution in [0.4, 0.5) is 0 Å². The second kappa shape index (κ2) is 6.93. The number of hydrogen-bond donors (Lipinski definition) is 1. The molecule has 1 aliphatic heterocycles. The molecule has 1 fully saturated rings. The van der Waals surface area contributed by atoms with Crippen LogP contribution in [-0.4, -0.2) is 36.0 Å². The maximum absolute atomic E-state index is 12.3. The van der Waals surface area contributed by atoms with Crippen LogP contribution < -0.4 is 5.32 Å². The molecule has 1 heterocycles. The van der Waals surface area contributed by atoms with Crippen LogP contribution in [0.25, 0.3) is 0 Å². The van der Waals surface area contributed by atoms with Gasteiger partial charge in [-0.25, -0.2) is 0 Å². The van der Waals surface area contributed by atoms with Gasteiger partial charge in [0.1, 0.15) is 0 Å². The van der Waals surface area contributed by atoms with Gasteiger partial charge >= 0.3 is 0 Å². The van der Waals surface area contributed by atoms with E-state index in [9.17, 15) is 4.79 Å². The predicted molar refractivity (Wildman–Crippen MR) is 76.5 cm³/mol. The zero-order chi connectivity index (χ0) is 13.6. The summed E-state index contributed by atoms with van der Waals surface area (Å²) >= 11 is 0. The molecule has 0 unspecified atom stereocenters. The van der Waals surface area contributed by atoms with E-state index in [0.717, 1.165) is 25.4 Å². The summed E-state index contributed by atoms with van der Waals surface area (Å²) in [4.78, 5) is 14.2. The lowest BCUT2D eigenvalue weighted by molar-refractivity contribution is -0.135. The first-order valence-electron chi connectivity index (χ1n) is 7.07. The molecule has 3 heteroatoms. The van der Waals surface area contributed by atoms with Gasteiger partial charge in [-0.2, -0.15) is 0 Å². The van der Waals surface area contributed by atoms with Gasteiger partial charge in [-0.1, -0.05) is 6.08 Å². The average Bonchev–Trinajstić information content (AvgIpc) is 2.33. The molecule has 1 rings (SSSR count). The van der Waals surface area contributed by atoms with Crippen molar-refractivity contribution in [3.8, 4) is 0 Å². The van der Waals surface area contributed by atoms with Crippen molar-refractivity contribution in [3.63, 3.8) is 0 Å². The van der Waals surface area contributed by atoms with E-state index in [1.807, 2.05) is 11.0 Å². The molecule has 0 aliphatic carbocycles. The fourth-order valence-corrected chi connectivity index (χ4v) is 2.51. The second-order valence-electron chi connectivity index (χ2n) is 6.20. The van der Waals surface area contributed by atoms with Crippen LogP contribution in [-0.2, 0) is 4.79 Å². The molecule has 0 aromatic rings. The Morgan fingerprint density at radius 3 is 2.50 bits per heavy atom. The minimum atomic E-state index is -0.112. The Morgan fingerprint density at radius 1 is 1.39 bits per heavy atom. The number of carbonyl (C=O) groups excluding carboxylic acids is 1. The van der Waals surface area contributed by atoms with Gasteiger partial charge in [0, 0.05) is 18.5 Å². The first kappa shape index (κ1) is 15.2. The SMILES string of the molecule is C=CCN(C(=O)CCC1CCNCC1)C(C)(C)C. The van der Waals surface area contributed by atoms with Gasteiger partial charge < -0.3 is 10.2 Å². The second-order valence-corrected chi connectivity index (χ2v) is 6.20. The van der Waals surface area contributed by atoms with Gasteiger partial charge in [0.2, 0.25) is 5.91 Å². The summed E-state index contributed by atoms with van der Waals surface area (Å²) < 4.78 is 0. The zero-order valence-electron chi connectivity index (χ0n) is 12.2. The lowest BCUT2D eigenvalue weighted by Gasteiger charge is -2.35. The number of rotatable bonds is 5. The highest BCUT2D eigenvalue weighted by Crippen LogP contribution is 2.21. The van der Waals surface area contributed by atoms with Crippen molar-refractivity contribution in [1.29, 1.82) is 0 Å². The normalized spacial score (nSPS) is 17.5. The van der Waals surface area contributed by atoms with Crippen LogP contribution in [0, 0.1) is 5.92 Å². The number of piperidine rings is 1. The Kier molecular flexibility index (Phi) is 5.86. The maximum atomic E-state index is 12.3. The van der Waals surface area contributed by atoms with E-state index in [1.165, 1.54) is 12.8 Å². The first-order valence-corrected chi connectivity index (χ1v) is 7.07. The molecule has 1 aliphatic rings. The minimum Gasteiger partial charge on any atom is -0.334 e. The van der Waals surface area contributed by atoms with E-state index in [2.05, 4.69) is 32.7 Å². The molecule has 0 bridgehead atoms. The van der Waals surface area contributed by atoms with Crippen LogP contribution in [0.2, 0.25) is 0 Å². The minimum absolute atomic E-state index is 0.112. The monoisotopic (exact) mass is 252 g/mol. The molecule has 104 valence electrons. The third kappa shape index (κ3) is 4.81. The molecule has 0 saturated carbocycles. The van der Waals surface area contributed by atoms with Crippen LogP contribution in [0.3, 0.4) is 0 Å². The summed E-state index contributed by atoms with van der Waals surface area (Å²) in [6, 6.07) is 0. The van der Waals surface area contributed by atoms with E-state index in [1.54, 1.807) is 0 Å². The van der Waals surface area contributed by atoms with Crippen molar-refractivity contribution in [3.05, 3.63) is 12.7 Å². The number of nitrogens with zero attached hydrogens (tertiary/aromatic N) is 1. The van der Waals surface area contributed by atoms with E-state index < -0.39 is 0 Å². The number of amides is 1. The number of carbonyl (C=O) groups is 1. The lowest BCUT2D eigenvalue weighted by atomic mass is 9.92. The van der Waals surface area contributed by atoms with Crippen LogP contribution >= 0.6 is 0 Å². The van der Waals surface area contributed by atoms with Gasteiger partial charge in [0.15, 0.2) is 0 Å². The van der Waals surface area contributed by atoms with Gasteiger partial charge in [-0.05, 0) is 59.0 Å². The van der Waals surface area contributed by atoms with Gasteiger partial charge in [-0.3, -0.25) is 4.79 Å². The molecule has 3 nitrogen and oxygen atoms in total. The Morgan fingerprint density at radius 2 is 2.00 bits per heavy atom. The van der Waals surface area contributed by atoms with Crippen molar-refractivity contribution < 1.29 is 4.79 Å². The maximum Gasteiger partial charge on any atom is 0.223 e. The fraction of sp³-hybridized carbons (Fsp3) is 0.800. The molecule has 0 radical (unpaired) electrons. The van der Waals surface area contributed by atoms with Gasteiger partial charge in [0.25, 0.3) is 0 Å². The van der Waals surface area contributed by atoms with Crippen molar-refractivity contribution in [2.24, 2.45) is 5.92 Å². The van der Waals surface area contributed by atoms with E-state index in [0.29, 0.717) is 13.0 Å². The average molecular weight is 252 g/mol. The zero-order valence-corrected chi connectivity index (χ0v) is 12.2. The standard InChI is InChI=1S/C15H28N2O/c1-5-12-17(15(2,3)4)14(18)7-6-13-8-10-16-11-9-13/h5,13,16H,1,6-12H2,2-4H3. The van der Waals surface area contributed by atoms with E-state index in [-0.39, 0.29) is 11.4 Å². The number of nitrogens with one attached hydrogen (secondary N) is 1. The summed E-state index contributed by atoms with van der Waals surface area (Å²) in [5.74, 6) is 0.988. The smallest absolute Gasteiger partial charge is 0.223 e. The van der Waals surface area contributed by atoms with Crippen molar-refractivity contribution >= 4 is 5.91 Å². The summed E-state index contributed by atoms with van der Waals surface area (Å²) in [5.41, 5.74) is -0.112. The lowest BCUT2D eigenvalue weighted by Crippen LogP contribution is -2.45. The summed E-state index contributed by atoms with van der Waals surface area (Å²) in [7, 11) is 0. The molecule has 1 saturated heterocycles. The van der Waals surface area contributed by atoms with Crippen molar-refractivity contribution in [2.45, 2.75) is 52.0 Å². The van der Waals surface area contributed by atoms with E-state index in [4.69, 9.17) is 0 Å². The topological polar surface area (TPSA) is 32.3 Å². The highest BCUT2D eigenvalue weighted by atomic mass is 16.2. The third-order valence-corrected chi connectivity index (χ3v) is 3.65. The molecule has 0 atom stereocenters. The first-order chi connectivity index (χ1) is 8.45. The molecule has 1 N–H and O–H groups in total. The van der Waals surface area contributed by atoms with Crippen LogP contribution in [0.15, 0.2) is 12.7 Å². The van der Waals surface area contributed by atoms with Crippen molar-refractivity contribution in [1.82, 2.24) is 10.2 Å². The summed E-state index contributed by atoms with van der Waals surface area (Å²) in [6.07, 6.45) is 5.95. The Balaban J connectivity index is 2.43. The van der Waals surface area contributed by atoms with Crippen LogP contribution in [0.5, 0.6) is 0 Å². The Labute approximate surface area is 112 Å². The Bertz CT molecular complexity index is 275.